The van der Waals surface area contributed by atoms with Gasteiger partial charge in [0.2, 0.25) is 0 Å². The number of nitrogens with zero attached hydrogens (tertiary/aromatic N) is 1. The first kappa shape index (κ1) is 21.0. The molecule has 2 N–H and O–H groups in total. The molecule has 8 nitrogen and oxygen atoms in total. The number of rotatable bonds is 6. The number of ether oxygens (including phenoxy) is 2. The number of aryl methyl sites for hydroxylation is 2. The maximum absolute atomic E-state index is 13.3. The number of anilines is 1. The van der Waals surface area contributed by atoms with Crippen LogP contribution in [0.1, 0.15) is 41.0 Å². The van der Waals surface area contributed by atoms with E-state index in [1.807, 2.05) is 0 Å². The fourth-order valence-electron chi connectivity index (χ4n) is 3.69. The van der Waals surface area contributed by atoms with Crippen molar-refractivity contribution in [3.05, 3.63) is 35.2 Å². The number of H-pyrrole nitrogens is 1. The van der Waals surface area contributed by atoms with Gasteiger partial charge in [-0.1, -0.05) is 0 Å². The number of carbonyl (C=O) groups is 1. The van der Waals surface area contributed by atoms with Crippen LogP contribution in [-0.2, 0) is 10.0 Å². The van der Waals surface area contributed by atoms with Crippen LogP contribution in [0.5, 0.6) is 11.5 Å². The third-order valence-corrected chi connectivity index (χ3v) is 6.63. The zero-order valence-electron chi connectivity index (χ0n) is 17.2. The van der Waals surface area contributed by atoms with Crippen LogP contribution < -0.4 is 14.2 Å². The molecule has 1 fully saturated rings. The van der Waals surface area contributed by atoms with E-state index in [0.29, 0.717) is 36.0 Å². The second kappa shape index (κ2) is 8.36. The van der Waals surface area contributed by atoms with Crippen LogP contribution in [-0.4, -0.2) is 51.5 Å². The summed E-state index contributed by atoms with van der Waals surface area (Å²) in [5, 5.41) is 0. The number of methoxy groups -OCH3 is 2. The Labute approximate surface area is 171 Å². The summed E-state index contributed by atoms with van der Waals surface area (Å²) >= 11 is 0. The largest absolute Gasteiger partial charge is 0.497 e. The SMILES string of the molecule is COc1ccc(NS(=O)(=O)c2c(C)[nH]c(C)c2C(=O)N2CCCCC2)c(OC)c1. The lowest BCUT2D eigenvalue weighted by atomic mass is 10.1. The van der Waals surface area contributed by atoms with Gasteiger partial charge in [-0.15, -0.1) is 0 Å². The molecule has 1 aliphatic rings. The molecular formula is C20H27N3O5S. The Morgan fingerprint density at radius 3 is 2.38 bits per heavy atom. The smallest absolute Gasteiger partial charge is 0.264 e. The number of piperidine rings is 1. The number of nitrogens with one attached hydrogen (secondary N) is 2. The molecule has 29 heavy (non-hydrogen) atoms. The average molecular weight is 422 g/mol. The third kappa shape index (κ3) is 4.19. The summed E-state index contributed by atoms with van der Waals surface area (Å²) in [6.45, 7) is 4.65. The number of likely N-dealkylation sites (tertiary alicyclic amines) is 1. The molecule has 1 aliphatic heterocycles. The zero-order valence-corrected chi connectivity index (χ0v) is 18.0. The molecule has 0 spiro atoms. The fourth-order valence-corrected chi connectivity index (χ4v) is 5.21. The second-order valence-electron chi connectivity index (χ2n) is 7.10. The molecule has 1 aromatic carbocycles. The molecule has 1 aromatic heterocycles. The van der Waals surface area contributed by atoms with Crippen LogP contribution in [0.2, 0.25) is 0 Å². The van der Waals surface area contributed by atoms with Crippen molar-refractivity contribution in [1.29, 1.82) is 0 Å². The molecule has 2 heterocycles. The van der Waals surface area contributed by atoms with E-state index >= 15 is 0 Å². The highest BCUT2D eigenvalue weighted by atomic mass is 32.2. The van der Waals surface area contributed by atoms with Gasteiger partial charge in [0.1, 0.15) is 16.4 Å². The second-order valence-corrected chi connectivity index (χ2v) is 8.72. The predicted molar refractivity (Wildman–Crippen MR) is 110 cm³/mol. The number of hydrogen-bond acceptors (Lipinski definition) is 5. The van der Waals surface area contributed by atoms with Gasteiger partial charge in [0, 0.05) is 30.5 Å². The molecule has 2 aromatic rings. The molecule has 158 valence electrons. The Hall–Kier alpha value is -2.68. The number of amides is 1. The predicted octanol–water partition coefficient (Wildman–Crippen LogP) is 3.08. The molecule has 3 rings (SSSR count). The summed E-state index contributed by atoms with van der Waals surface area (Å²) in [5.74, 6) is 0.606. The Morgan fingerprint density at radius 1 is 1.07 bits per heavy atom. The molecule has 0 saturated carbocycles. The van der Waals surface area contributed by atoms with Gasteiger partial charge in [0.25, 0.3) is 15.9 Å². The van der Waals surface area contributed by atoms with Crippen LogP contribution in [0.15, 0.2) is 23.1 Å². The van der Waals surface area contributed by atoms with Crippen LogP contribution in [0.25, 0.3) is 0 Å². The van der Waals surface area contributed by atoms with Crippen LogP contribution in [0, 0.1) is 13.8 Å². The minimum Gasteiger partial charge on any atom is -0.497 e. The first-order valence-corrected chi connectivity index (χ1v) is 11.0. The van der Waals surface area contributed by atoms with E-state index in [-0.39, 0.29) is 22.1 Å². The van der Waals surface area contributed by atoms with Gasteiger partial charge in [0.15, 0.2) is 0 Å². The summed E-state index contributed by atoms with van der Waals surface area (Å²) in [4.78, 5) is 17.9. The van der Waals surface area contributed by atoms with Gasteiger partial charge < -0.3 is 19.4 Å². The lowest BCUT2D eigenvalue weighted by molar-refractivity contribution is 0.0720. The van der Waals surface area contributed by atoms with Gasteiger partial charge in [-0.05, 0) is 45.2 Å². The standard InChI is InChI=1S/C20H27N3O5S/c1-13-18(20(24)23-10-6-5-7-11-23)19(14(2)21-13)29(25,26)22-16-9-8-15(27-3)12-17(16)28-4/h8-9,12,21-22H,5-7,10-11H2,1-4H3. The van der Waals surface area contributed by atoms with Crippen molar-refractivity contribution in [2.45, 2.75) is 38.0 Å². The number of aromatic amines is 1. The maximum Gasteiger partial charge on any atom is 0.264 e. The molecule has 0 unspecified atom stereocenters. The summed E-state index contributed by atoms with van der Waals surface area (Å²) in [6.07, 6.45) is 2.94. The number of carbonyl (C=O) groups excluding carboxylic acids is 1. The molecule has 0 radical (unpaired) electrons. The fraction of sp³-hybridized carbons (Fsp3) is 0.450. The molecule has 1 amide bonds. The van der Waals surface area contributed by atoms with E-state index in [1.165, 1.54) is 14.2 Å². The molecular weight excluding hydrogens is 394 g/mol. The van der Waals surface area contributed by atoms with E-state index in [2.05, 4.69) is 9.71 Å². The summed E-state index contributed by atoms with van der Waals surface area (Å²) in [7, 11) is -1.07. The monoisotopic (exact) mass is 421 g/mol. The van der Waals surface area contributed by atoms with Crippen LogP contribution in [0.3, 0.4) is 0 Å². The summed E-state index contributed by atoms with van der Waals surface area (Å²) in [5.41, 5.74) is 1.43. The van der Waals surface area contributed by atoms with Crippen LogP contribution >= 0.6 is 0 Å². The minimum atomic E-state index is -4.04. The van der Waals surface area contributed by atoms with Crippen molar-refractivity contribution in [2.24, 2.45) is 0 Å². The van der Waals surface area contributed by atoms with Gasteiger partial charge >= 0.3 is 0 Å². The van der Waals surface area contributed by atoms with E-state index < -0.39 is 10.0 Å². The Morgan fingerprint density at radius 2 is 1.76 bits per heavy atom. The van der Waals surface area contributed by atoms with Gasteiger partial charge in [-0.3, -0.25) is 9.52 Å². The number of sulfonamides is 1. The Balaban J connectivity index is 2.00. The van der Waals surface area contributed by atoms with E-state index in [9.17, 15) is 13.2 Å². The molecule has 0 atom stereocenters. The van der Waals surface area contributed by atoms with Crippen molar-refractivity contribution in [3.63, 3.8) is 0 Å². The highest BCUT2D eigenvalue weighted by Crippen LogP contribution is 2.33. The van der Waals surface area contributed by atoms with Gasteiger partial charge in [-0.25, -0.2) is 8.42 Å². The normalized spacial score (nSPS) is 14.6. The van der Waals surface area contributed by atoms with Crippen molar-refractivity contribution in [1.82, 2.24) is 9.88 Å². The highest BCUT2D eigenvalue weighted by molar-refractivity contribution is 7.92. The van der Waals surface area contributed by atoms with Crippen molar-refractivity contribution >= 4 is 21.6 Å². The summed E-state index contributed by atoms with van der Waals surface area (Å²) < 4.78 is 39.6. The summed E-state index contributed by atoms with van der Waals surface area (Å²) in [6, 6.07) is 4.79. The molecule has 9 heteroatoms. The lowest BCUT2D eigenvalue weighted by Crippen LogP contribution is -2.36. The van der Waals surface area contributed by atoms with Gasteiger partial charge in [0.05, 0.1) is 25.5 Å². The van der Waals surface area contributed by atoms with E-state index in [0.717, 1.165) is 19.3 Å². The van der Waals surface area contributed by atoms with Crippen molar-refractivity contribution < 1.29 is 22.7 Å². The third-order valence-electron chi connectivity index (χ3n) is 5.10. The molecule has 1 saturated heterocycles. The zero-order chi connectivity index (χ0) is 21.2. The number of hydrogen-bond donors (Lipinski definition) is 2. The highest BCUT2D eigenvalue weighted by Gasteiger charge is 2.32. The van der Waals surface area contributed by atoms with Crippen molar-refractivity contribution in [2.75, 3.05) is 32.0 Å². The first-order chi connectivity index (χ1) is 13.8. The van der Waals surface area contributed by atoms with E-state index in [4.69, 9.17) is 9.47 Å². The van der Waals surface area contributed by atoms with E-state index in [1.54, 1.807) is 36.9 Å². The lowest BCUT2D eigenvalue weighted by Gasteiger charge is -2.27. The molecule has 0 aliphatic carbocycles. The number of aromatic nitrogens is 1. The van der Waals surface area contributed by atoms with Crippen molar-refractivity contribution in [3.8, 4) is 11.5 Å². The Kier molecular flexibility index (Phi) is 6.07. The molecule has 0 bridgehead atoms. The average Bonchev–Trinajstić information content (AvgIpc) is 3.02. The minimum absolute atomic E-state index is 0.0246. The first-order valence-electron chi connectivity index (χ1n) is 9.51. The van der Waals surface area contributed by atoms with Gasteiger partial charge in [-0.2, -0.15) is 0 Å². The Bertz CT molecular complexity index is 1010. The van der Waals surface area contributed by atoms with Crippen LogP contribution in [0.4, 0.5) is 5.69 Å². The maximum atomic E-state index is 13.3. The quantitative estimate of drug-likeness (QED) is 0.747. The number of benzene rings is 1. The topological polar surface area (TPSA) is 101 Å².